The van der Waals surface area contributed by atoms with Gasteiger partial charge in [-0.15, -0.1) is 0 Å². The molecule has 0 radical (unpaired) electrons. The Labute approximate surface area is 101 Å². The summed E-state index contributed by atoms with van der Waals surface area (Å²) in [6.45, 7) is 10.9. The molecule has 1 heterocycles. The van der Waals surface area contributed by atoms with Crippen molar-refractivity contribution in [1.29, 1.82) is 0 Å². The third kappa shape index (κ3) is 5.28. The first-order chi connectivity index (χ1) is 7.66. The molecule has 0 unspecified atom stereocenters. The first kappa shape index (κ1) is 13.9. The van der Waals surface area contributed by atoms with Gasteiger partial charge in [-0.25, -0.2) is 0 Å². The normalized spacial score (nSPS) is 21.2. The Hall–Kier alpha value is -0.120. The second kappa shape index (κ2) is 7.25. The highest BCUT2D eigenvalue weighted by Crippen LogP contribution is 2.29. The molecule has 1 aliphatic rings. The fourth-order valence-corrected chi connectivity index (χ4v) is 2.17. The van der Waals surface area contributed by atoms with Gasteiger partial charge < -0.3 is 15.0 Å². The third-order valence-electron chi connectivity index (χ3n) is 3.59. The molecule has 0 aromatic heterocycles. The largest absolute Gasteiger partial charge is 0.382 e. The minimum atomic E-state index is 0.512. The van der Waals surface area contributed by atoms with Gasteiger partial charge in [0.1, 0.15) is 0 Å². The molecule has 0 saturated carbocycles. The van der Waals surface area contributed by atoms with E-state index >= 15 is 0 Å². The standard InChI is InChI=1S/C13H28N2O/c1-4-16-11-5-8-14-12-13(2)6-9-15(3)10-7-13/h14H,4-12H2,1-3H3. The van der Waals surface area contributed by atoms with Crippen LogP contribution >= 0.6 is 0 Å². The van der Waals surface area contributed by atoms with E-state index in [1.165, 1.54) is 25.9 Å². The molecule has 0 aromatic rings. The van der Waals surface area contributed by atoms with Crippen LogP contribution in [0.4, 0.5) is 0 Å². The molecule has 1 saturated heterocycles. The van der Waals surface area contributed by atoms with Crippen molar-refractivity contribution in [1.82, 2.24) is 10.2 Å². The van der Waals surface area contributed by atoms with Crippen molar-refractivity contribution >= 4 is 0 Å². The average Bonchev–Trinajstić information content (AvgIpc) is 2.28. The van der Waals surface area contributed by atoms with Crippen LogP contribution in [0.25, 0.3) is 0 Å². The summed E-state index contributed by atoms with van der Waals surface area (Å²) in [4.78, 5) is 2.43. The lowest BCUT2D eigenvalue weighted by molar-refractivity contribution is 0.129. The van der Waals surface area contributed by atoms with Crippen LogP contribution in [-0.4, -0.2) is 51.3 Å². The van der Waals surface area contributed by atoms with Gasteiger partial charge in [-0.05, 0) is 58.3 Å². The number of ether oxygens (including phenoxy) is 1. The van der Waals surface area contributed by atoms with Gasteiger partial charge in [-0.2, -0.15) is 0 Å². The Kier molecular flexibility index (Phi) is 6.32. The number of hydrogen-bond acceptors (Lipinski definition) is 3. The molecular formula is C13H28N2O. The lowest BCUT2D eigenvalue weighted by Crippen LogP contribution is -2.42. The molecule has 1 aliphatic heterocycles. The van der Waals surface area contributed by atoms with Crippen LogP contribution < -0.4 is 5.32 Å². The Morgan fingerprint density at radius 3 is 2.62 bits per heavy atom. The van der Waals surface area contributed by atoms with Crippen LogP contribution in [0.15, 0.2) is 0 Å². The SMILES string of the molecule is CCOCCCNCC1(C)CCN(C)CC1. The van der Waals surface area contributed by atoms with E-state index in [2.05, 4.69) is 24.2 Å². The number of likely N-dealkylation sites (tertiary alicyclic amines) is 1. The second-order valence-corrected chi connectivity index (χ2v) is 5.34. The van der Waals surface area contributed by atoms with Crippen LogP contribution in [-0.2, 0) is 4.74 Å². The quantitative estimate of drug-likeness (QED) is 0.672. The molecule has 1 rings (SSSR count). The van der Waals surface area contributed by atoms with E-state index in [4.69, 9.17) is 4.74 Å². The zero-order chi connectivity index (χ0) is 11.9. The van der Waals surface area contributed by atoms with Crippen molar-refractivity contribution in [3.8, 4) is 0 Å². The van der Waals surface area contributed by atoms with E-state index in [0.717, 1.165) is 32.7 Å². The number of nitrogens with one attached hydrogen (secondary N) is 1. The van der Waals surface area contributed by atoms with Crippen LogP contribution in [0, 0.1) is 5.41 Å². The summed E-state index contributed by atoms with van der Waals surface area (Å²) in [5.41, 5.74) is 0.512. The van der Waals surface area contributed by atoms with Crippen LogP contribution in [0.3, 0.4) is 0 Å². The van der Waals surface area contributed by atoms with E-state index < -0.39 is 0 Å². The van der Waals surface area contributed by atoms with Gasteiger partial charge in [0.05, 0.1) is 0 Å². The zero-order valence-corrected chi connectivity index (χ0v) is 11.2. The highest BCUT2D eigenvalue weighted by molar-refractivity contribution is 4.83. The topological polar surface area (TPSA) is 24.5 Å². The van der Waals surface area contributed by atoms with Crippen molar-refractivity contribution in [2.75, 3.05) is 46.4 Å². The molecule has 3 nitrogen and oxygen atoms in total. The summed E-state index contributed by atoms with van der Waals surface area (Å²) in [7, 11) is 2.22. The molecule has 0 amide bonds. The first-order valence-electron chi connectivity index (χ1n) is 6.63. The van der Waals surface area contributed by atoms with Gasteiger partial charge in [-0.1, -0.05) is 6.92 Å². The molecule has 1 N–H and O–H groups in total. The van der Waals surface area contributed by atoms with E-state index in [9.17, 15) is 0 Å². The second-order valence-electron chi connectivity index (χ2n) is 5.34. The fourth-order valence-electron chi connectivity index (χ4n) is 2.17. The monoisotopic (exact) mass is 228 g/mol. The minimum absolute atomic E-state index is 0.512. The first-order valence-corrected chi connectivity index (χ1v) is 6.63. The Morgan fingerprint density at radius 2 is 2.00 bits per heavy atom. The summed E-state index contributed by atoms with van der Waals surface area (Å²) >= 11 is 0. The van der Waals surface area contributed by atoms with E-state index in [1.54, 1.807) is 0 Å². The summed E-state index contributed by atoms with van der Waals surface area (Å²) in [6, 6.07) is 0. The molecule has 3 heteroatoms. The van der Waals surface area contributed by atoms with Gasteiger partial charge in [0.15, 0.2) is 0 Å². The smallest absolute Gasteiger partial charge is 0.0477 e. The number of hydrogen-bond donors (Lipinski definition) is 1. The molecule has 0 aromatic carbocycles. The Balaban J connectivity index is 2.03. The van der Waals surface area contributed by atoms with E-state index in [-0.39, 0.29) is 0 Å². The van der Waals surface area contributed by atoms with Gasteiger partial charge in [0, 0.05) is 19.8 Å². The average molecular weight is 228 g/mol. The lowest BCUT2D eigenvalue weighted by Gasteiger charge is -2.38. The molecule has 0 atom stereocenters. The fraction of sp³-hybridized carbons (Fsp3) is 1.00. The van der Waals surface area contributed by atoms with Crippen molar-refractivity contribution in [3.63, 3.8) is 0 Å². The third-order valence-corrected chi connectivity index (χ3v) is 3.59. The minimum Gasteiger partial charge on any atom is -0.382 e. The van der Waals surface area contributed by atoms with E-state index in [1.807, 2.05) is 6.92 Å². The summed E-state index contributed by atoms with van der Waals surface area (Å²) in [5, 5.41) is 3.57. The summed E-state index contributed by atoms with van der Waals surface area (Å²) < 4.78 is 5.32. The summed E-state index contributed by atoms with van der Waals surface area (Å²) in [6.07, 6.45) is 3.77. The molecule has 96 valence electrons. The zero-order valence-electron chi connectivity index (χ0n) is 11.2. The van der Waals surface area contributed by atoms with Gasteiger partial charge in [0.25, 0.3) is 0 Å². The maximum absolute atomic E-state index is 5.32. The molecular weight excluding hydrogens is 200 g/mol. The van der Waals surface area contributed by atoms with Crippen LogP contribution in [0.1, 0.15) is 33.1 Å². The Bertz CT molecular complexity index is 177. The van der Waals surface area contributed by atoms with E-state index in [0.29, 0.717) is 5.41 Å². The molecule has 0 aliphatic carbocycles. The van der Waals surface area contributed by atoms with Crippen molar-refractivity contribution in [3.05, 3.63) is 0 Å². The van der Waals surface area contributed by atoms with Gasteiger partial charge in [-0.3, -0.25) is 0 Å². The molecule has 0 spiro atoms. The van der Waals surface area contributed by atoms with Gasteiger partial charge >= 0.3 is 0 Å². The molecule has 1 fully saturated rings. The van der Waals surface area contributed by atoms with Crippen molar-refractivity contribution in [2.45, 2.75) is 33.1 Å². The molecule has 16 heavy (non-hydrogen) atoms. The predicted molar refractivity (Wildman–Crippen MR) is 68.8 cm³/mol. The Morgan fingerprint density at radius 1 is 1.31 bits per heavy atom. The van der Waals surface area contributed by atoms with Crippen LogP contribution in [0.5, 0.6) is 0 Å². The van der Waals surface area contributed by atoms with Crippen LogP contribution in [0.2, 0.25) is 0 Å². The highest BCUT2D eigenvalue weighted by Gasteiger charge is 2.27. The number of piperidine rings is 1. The van der Waals surface area contributed by atoms with Crippen molar-refractivity contribution < 1.29 is 4.74 Å². The lowest BCUT2D eigenvalue weighted by atomic mass is 9.80. The number of rotatable bonds is 7. The maximum atomic E-state index is 5.32. The number of nitrogens with zero attached hydrogens (tertiary/aromatic N) is 1. The highest BCUT2D eigenvalue weighted by atomic mass is 16.5. The predicted octanol–water partition coefficient (Wildman–Crippen LogP) is 1.73. The molecule has 0 bridgehead atoms. The summed E-state index contributed by atoms with van der Waals surface area (Å²) in [5.74, 6) is 0. The van der Waals surface area contributed by atoms with Gasteiger partial charge in [0.2, 0.25) is 0 Å². The van der Waals surface area contributed by atoms with Crippen molar-refractivity contribution in [2.24, 2.45) is 5.41 Å². The maximum Gasteiger partial charge on any atom is 0.0477 e.